The first kappa shape index (κ1) is 14.5. The Morgan fingerprint density at radius 2 is 2.15 bits per heavy atom. The standard InChI is InChI=1S/C17H28N2S/c1-3-12-6-4-7-13(10-12)17-19-16-14(11-18-2)8-5-9-15(16)20-17/h12-14,18H,3-11H2,1-2H3. The lowest BCUT2D eigenvalue weighted by atomic mass is 9.80. The van der Waals surface area contributed by atoms with Crippen molar-refractivity contribution in [3.63, 3.8) is 0 Å². The molecule has 0 saturated heterocycles. The van der Waals surface area contributed by atoms with E-state index in [4.69, 9.17) is 4.98 Å². The number of aryl methyl sites for hydroxylation is 1. The third-order valence-corrected chi connectivity index (χ3v) is 6.54. The van der Waals surface area contributed by atoms with Crippen LogP contribution in [0.15, 0.2) is 0 Å². The van der Waals surface area contributed by atoms with E-state index in [9.17, 15) is 0 Å². The zero-order valence-electron chi connectivity index (χ0n) is 13.0. The molecule has 20 heavy (non-hydrogen) atoms. The van der Waals surface area contributed by atoms with Gasteiger partial charge in [0.15, 0.2) is 0 Å². The summed E-state index contributed by atoms with van der Waals surface area (Å²) in [7, 11) is 2.06. The number of rotatable bonds is 4. The minimum absolute atomic E-state index is 0.666. The van der Waals surface area contributed by atoms with Gasteiger partial charge in [0.2, 0.25) is 0 Å². The van der Waals surface area contributed by atoms with Crippen LogP contribution in [0.2, 0.25) is 0 Å². The molecular weight excluding hydrogens is 264 g/mol. The number of nitrogens with zero attached hydrogens (tertiary/aromatic N) is 1. The van der Waals surface area contributed by atoms with E-state index in [0.717, 1.165) is 18.4 Å². The average Bonchev–Trinajstić information content (AvgIpc) is 2.93. The molecule has 1 aromatic heterocycles. The Bertz CT molecular complexity index is 440. The molecule has 3 heteroatoms. The largest absolute Gasteiger partial charge is 0.319 e. The van der Waals surface area contributed by atoms with Gasteiger partial charge in [0.05, 0.1) is 10.7 Å². The number of hydrogen-bond acceptors (Lipinski definition) is 3. The van der Waals surface area contributed by atoms with Gasteiger partial charge in [-0.3, -0.25) is 0 Å². The summed E-state index contributed by atoms with van der Waals surface area (Å²) in [5.41, 5.74) is 1.45. The van der Waals surface area contributed by atoms with Crippen molar-refractivity contribution in [2.24, 2.45) is 5.92 Å². The molecule has 3 rings (SSSR count). The summed E-state index contributed by atoms with van der Waals surface area (Å²) < 4.78 is 0. The summed E-state index contributed by atoms with van der Waals surface area (Å²) in [6.07, 6.45) is 10.9. The zero-order valence-corrected chi connectivity index (χ0v) is 13.8. The van der Waals surface area contributed by atoms with E-state index in [1.54, 1.807) is 4.88 Å². The van der Waals surface area contributed by atoms with E-state index in [-0.39, 0.29) is 0 Å². The van der Waals surface area contributed by atoms with Gasteiger partial charge in [0, 0.05) is 23.3 Å². The quantitative estimate of drug-likeness (QED) is 0.886. The minimum atomic E-state index is 0.666. The third-order valence-electron chi connectivity index (χ3n) is 5.25. The van der Waals surface area contributed by atoms with Crippen LogP contribution in [0, 0.1) is 5.92 Å². The van der Waals surface area contributed by atoms with Crippen LogP contribution in [-0.4, -0.2) is 18.6 Å². The van der Waals surface area contributed by atoms with E-state index >= 15 is 0 Å². The second-order valence-electron chi connectivity index (χ2n) is 6.65. The van der Waals surface area contributed by atoms with E-state index in [1.807, 2.05) is 11.3 Å². The van der Waals surface area contributed by atoms with Crippen molar-refractivity contribution in [3.05, 3.63) is 15.6 Å². The summed E-state index contributed by atoms with van der Waals surface area (Å²) in [5, 5.41) is 4.82. The molecule has 1 fully saturated rings. The lowest BCUT2D eigenvalue weighted by Gasteiger charge is -2.27. The predicted molar refractivity (Wildman–Crippen MR) is 86.7 cm³/mol. The highest BCUT2D eigenvalue weighted by molar-refractivity contribution is 7.11. The molecule has 1 heterocycles. The summed E-state index contributed by atoms with van der Waals surface area (Å²) in [6.45, 7) is 3.45. The van der Waals surface area contributed by atoms with Crippen molar-refractivity contribution in [1.29, 1.82) is 0 Å². The second kappa shape index (κ2) is 6.57. The van der Waals surface area contributed by atoms with Crippen LogP contribution < -0.4 is 5.32 Å². The van der Waals surface area contributed by atoms with Gasteiger partial charge in [-0.25, -0.2) is 4.98 Å². The van der Waals surface area contributed by atoms with Gasteiger partial charge < -0.3 is 5.32 Å². The van der Waals surface area contributed by atoms with Gasteiger partial charge in [-0.05, 0) is 45.1 Å². The number of aromatic nitrogens is 1. The Balaban J connectivity index is 1.78. The van der Waals surface area contributed by atoms with E-state index in [2.05, 4.69) is 19.3 Å². The SMILES string of the molecule is CCC1CCCC(c2nc3c(s2)CCCC3CNC)C1. The van der Waals surface area contributed by atoms with Gasteiger partial charge >= 0.3 is 0 Å². The van der Waals surface area contributed by atoms with E-state index in [0.29, 0.717) is 5.92 Å². The highest BCUT2D eigenvalue weighted by atomic mass is 32.1. The van der Waals surface area contributed by atoms with Gasteiger partial charge in [-0.1, -0.05) is 26.2 Å². The molecule has 1 aromatic rings. The lowest BCUT2D eigenvalue weighted by molar-refractivity contribution is 0.313. The van der Waals surface area contributed by atoms with Crippen molar-refractivity contribution >= 4 is 11.3 Å². The van der Waals surface area contributed by atoms with Crippen molar-refractivity contribution in [3.8, 4) is 0 Å². The topological polar surface area (TPSA) is 24.9 Å². The first-order valence-corrected chi connectivity index (χ1v) is 9.27. The molecule has 2 aliphatic carbocycles. The molecule has 0 bridgehead atoms. The van der Waals surface area contributed by atoms with Crippen molar-refractivity contribution in [1.82, 2.24) is 10.3 Å². The van der Waals surface area contributed by atoms with Crippen molar-refractivity contribution in [2.45, 2.75) is 70.1 Å². The molecule has 0 aliphatic heterocycles. The van der Waals surface area contributed by atoms with Crippen LogP contribution in [0.5, 0.6) is 0 Å². The number of fused-ring (bicyclic) bond motifs is 1. The summed E-state index contributed by atoms with van der Waals surface area (Å²) in [5.74, 6) is 2.38. The summed E-state index contributed by atoms with van der Waals surface area (Å²) >= 11 is 2.05. The molecule has 0 amide bonds. The zero-order chi connectivity index (χ0) is 13.9. The molecular formula is C17H28N2S. The number of thiazole rings is 1. The molecule has 0 radical (unpaired) electrons. The minimum Gasteiger partial charge on any atom is -0.319 e. The van der Waals surface area contributed by atoms with Crippen LogP contribution in [-0.2, 0) is 6.42 Å². The maximum atomic E-state index is 5.12. The lowest BCUT2D eigenvalue weighted by Crippen LogP contribution is -2.21. The van der Waals surface area contributed by atoms with Gasteiger partial charge in [-0.2, -0.15) is 0 Å². The number of nitrogens with one attached hydrogen (secondary N) is 1. The highest BCUT2D eigenvalue weighted by Crippen LogP contribution is 2.42. The highest BCUT2D eigenvalue weighted by Gasteiger charge is 2.29. The van der Waals surface area contributed by atoms with E-state index < -0.39 is 0 Å². The maximum absolute atomic E-state index is 5.12. The molecule has 0 spiro atoms. The van der Waals surface area contributed by atoms with Gasteiger partial charge in [0.25, 0.3) is 0 Å². The van der Waals surface area contributed by atoms with Gasteiger partial charge in [0.1, 0.15) is 0 Å². The Labute approximate surface area is 127 Å². The molecule has 112 valence electrons. The summed E-state index contributed by atoms with van der Waals surface area (Å²) in [6, 6.07) is 0. The monoisotopic (exact) mass is 292 g/mol. The Morgan fingerprint density at radius 3 is 2.95 bits per heavy atom. The van der Waals surface area contributed by atoms with Crippen LogP contribution in [0.25, 0.3) is 0 Å². The fourth-order valence-electron chi connectivity index (χ4n) is 4.03. The molecule has 0 aromatic carbocycles. The fraction of sp³-hybridized carbons (Fsp3) is 0.824. The number of likely N-dealkylation sites (N-methyl/N-ethyl adjacent to an activating group) is 1. The number of hydrogen-bond donors (Lipinski definition) is 1. The molecule has 3 unspecified atom stereocenters. The molecule has 3 atom stereocenters. The van der Waals surface area contributed by atoms with E-state index in [1.165, 1.54) is 62.1 Å². The predicted octanol–water partition coefficient (Wildman–Crippen LogP) is 4.47. The third kappa shape index (κ3) is 2.94. The Hall–Kier alpha value is -0.410. The molecule has 1 saturated carbocycles. The average molecular weight is 292 g/mol. The van der Waals surface area contributed by atoms with Gasteiger partial charge in [-0.15, -0.1) is 11.3 Å². The smallest absolute Gasteiger partial charge is 0.0962 e. The molecule has 2 nitrogen and oxygen atoms in total. The van der Waals surface area contributed by atoms with Crippen molar-refractivity contribution < 1.29 is 0 Å². The summed E-state index contributed by atoms with van der Waals surface area (Å²) in [4.78, 5) is 6.72. The Kier molecular flexibility index (Phi) is 4.77. The molecule has 2 aliphatic rings. The van der Waals surface area contributed by atoms with Crippen LogP contribution in [0.1, 0.15) is 79.3 Å². The van der Waals surface area contributed by atoms with Crippen LogP contribution in [0.4, 0.5) is 0 Å². The first-order chi connectivity index (χ1) is 9.81. The maximum Gasteiger partial charge on any atom is 0.0962 e. The van der Waals surface area contributed by atoms with Crippen LogP contribution in [0.3, 0.4) is 0 Å². The fourth-order valence-corrected chi connectivity index (χ4v) is 5.37. The van der Waals surface area contributed by atoms with Crippen LogP contribution >= 0.6 is 11.3 Å². The molecule has 1 N–H and O–H groups in total. The second-order valence-corrected chi connectivity index (χ2v) is 7.76. The normalized spacial score (nSPS) is 30.2. The Morgan fingerprint density at radius 1 is 1.25 bits per heavy atom. The first-order valence-electron chi connectivity index (χ1n) is 8.45. The van der Waals surface area contributed by atoms with Crippen molar-refractivity contribution in [2.75, 3.05) is 13.6 Å².